The molecule has 0 saturated carbocycles. The predicted octanol–water partition coefficient (Wildman–Crippen LogP) is 2.79. The third-order valence-electron chi connectivity index (χ3n) is 5.75. The van der Waals surface area contributed by atoms with Gasteiger partial charge in [-0.05, 0) is 18.2 Å². The molecule has 0 spiro atoms. The molecular formula is C24H23N5O3. The van der Waals surface area contributed by atoms with Gasteiger partial charge in [0.15, 0.2) is 11.4 Å². The maximum absolute atomic E-state index is 12.8. The molecule has 1 fully saturated rings. The molecule has 0 aliphatic carbocycles. The second-order valence-corrected chi connectivity index (χ2v) is 7.71. The van der Waals surface area contributed by atoms with Crippen molar-refractivity contribution < 1.29 is 9.21 Å². The van der Waals surface area contributed by atoms with Crippen molar-refractivity contribution in [3.63, 3.8) is 0 Å². The Morgan fingerprint density at radius 2 is 1.69 bits per heavy atom. The minimum atomic E-state index is -0.429. The van der Waals surface area contributed by atoms with Gasteiger partial charge >= 0.3 is 5.76 Å². The van der Waals surface area contributed by atoms with Crippen LogP contribution in [0.15, 0.2) is 76.1 Å². The Morgan fingerprint density at radius 1 is 0.938 bits per heavy atom. The van der Waals surface area contributed by atoms with Crippen molar-refractivity contribution in [2.45, 2.75) is 13.0 Å². The summed E-state index contributed by atoms with van der Waals surface area (Å²) in [6.07, 6.45) is 2.03. The van der Waals surface area contributed by atoms with Gasteiger partial charge in [0, 0.05) is 50.9 Å². The molecule has 2 aromatic heterocycles. The lowest BCUT2D eigenvalue weighted by Gasteiger charge is -2.35. The molecule has 1 saturated heterocycles. The maximum Gasteiger partial charge on any atom is 0.419 e. The van der Waals surface area contributed by atoms with Crippen molar-refractivity contribution in [2.24, 2.45) is 0 Å². The monoisotopic (exact) mass is 429 g/mol. The normalized spacial score (nSPS) is 14.1. The summed E-state index contributed by atoms with van der Waals surface area (Å²) in [5, 5.41) is 0. The number of carbonyl (C=O) groups excluding carboxylic acids is 1. The van der Waals surface area contributed by atoms with E-state index in [0.29, 0.717) is 49.6 Å². The van der Waals surface area contributed by atoms with Crippen LogP contribution in [0.2, 0.25) is 0 Å². The van der Waals surface area contributed by atoms with E-state index in [4.69, 9.17) is 9.40 Å². The number of rotatable bonds is 5. The number of piperazine rings is 1. The highest BCUT2D eigenvalue weighted by Gasteiger charge is 2.22. The molecule has 1 aliphatic heterocycles. The summed E-state index contributed by atoms with van der Waals surface area (Å²) >= 11 is 0. The molecule has 2 aromatic carbocycles. The summed E-state index contributed by atoms with van der Waals surface area (Å²) in [5.41, 5.74) is 2.23. The average molecular weight is 429 g/mol. The molecule has 8 nitrogen and oxygen atoms in total. The number of aryl methyl sites for hydroxylation is 1. The summed E-state index contributed by atoms with van der Waals surface area (Å²) in [6.45, 7) is 2.94. The number of para-hydroxylation sites is 2. The van der Waals surface area contributed by atoms with Gasteiger partial charge in [-0.2, -0.15) is 0 Å². The Hall–Kier alpha value is -3.94. The second-order valence-electron chi connectivity index (χ2n) is 7.71. The first-order valence-corrected chi connectivity index (χ1v) is 10.7. The van der Waals surface area contributed by atoms with Crippen molar-refractivity contribution >= 4 is 22.8 Å². The number of fused-ring (bicyclic) bond motifs is 1. The van der Waals surface area contributed by atoms with Gasteiger partial charge in [-0.1, -0.05) is 42.5 Å². The number of hydrogen-bond donors (Lipinski definition) is 0. The van der Waals surface area contributed by atoms with Crippen LogP contribution in [0.5, 0.6) is 0 Å². The van der Waals surface area contributed by atoms with Gasteiger partial charge in [0.25, 0.3) is 0 Å². The maximum atomic E-state index is 12.8. The number of nitrogens with zero attached hydrogens (tertiary/aromatic N) is 5. The van der Waals surface area contributed by atoms with E-state index < -0.39 is 5.76 Å². The first-order valence-electron chi connectivity index (χ1n) is 10.7. The van der Waals surface area contributed by atoms with E-state index in [1.165, 1.54) is 4.57 Å². The zero-order valence-electron chi connectivity index (χ0n) is 17.6. The molecule has 0 bridgehead atoms. The van der Waals surface area contributed by atoms with E-state index in [0.717, 1.165) is 11.4 Å². The highest BCUT2D eigenvalue weighted by Crippen LogP contribution is 2.19. The van der Waals surface area contributed by atoms with Crippen molar-refractivity contribution in [1.29, 1.82) is 0 Å². The minimum absolute atomic E-state index is 0.0366. The fourth-order valence-corrected chi connectivity index (χ4v) is 4.03. The van der Waals surface area contributed by atoms with Crippen LogP contribution in [0.3, 0.4) is 0 Å². The van der Waals surface area contributed by atoms with Crippen LogP contribution in [-0.4, -0.2) is 51.5 Å². The largest absolute Gasteiger partial charge is 0.419 e. The highest BCUT2D eigenvalue weighted by molar-refractivity contribution is 5.77. The molecule has 0 unspecified atom stereocenters. The lowest BCUT2D eigenvalue weighted by molar-refractivity contribution is -0.131. The van der Waals surface area contributed by atoms with Gasteiger partial charge in [-0.15, -0.1) is 0 Å². The summed E-state index contributed by atoms with van der Waals surface area (Å²) in [6, 6.07) is 19.0. The van der Waals surface area contributed by atoms with Crippen molar-refractivity contribution in [3.05, 3.63) is 77.4 Å². The Kier molecular flexibility index (Phi) is 5.41. The molecule has 3 heterocycles. The third kappa shape index (κ3) is 3.99. The molecule has 4 aromatic rings. The summed E-state index contributed by atoms with van der Waals surface area (Å²) in [5.74, 6) is 1.16. The molecule has 162 valence electrons. The number of carbonyl (C=O) groups is 1. The number of benzene rings is 2. The van der Waals surface area contributed by atoms with Gasteiger partial charge in [0.1, 0.15) is 5.82 Å². The number of hydrogen-bond acceptors (Lipinski definition) is 6. The smallest absolute Gasteiger partial charge is 0.408 e. The van der Waals surface area contributed by atoms with E-state index >= 15 is 0 Å². The molecule has 5 rings (SSSR count). The van der Waals surface area contributed by atoms with Crippen LogP contribution in [0.25, 0.3) is 22.5 Å². The molecule has 0 N–H and O–H groups in total. The Bertz CT molecular complexity index is 1290. The van der Waals surface area contributed by atoms with Crippen molar-refractivity contribution in [2.75, 3.05) is 31.1 Å². The van der Waals surface area contributed by atoms with Crippen molar-refractivity contribution in [1.82, 2.24) is 19.4 Å². The molecule has 1 amide bonds. The Labute approximate surface area is 184 Å². The van der Waals surface area contributed by atoms with Crippen LogP contribution in [0.1, 0.15) is 6.42 Å². The summed E-state index contributed by atoms with van der Waals surface area (Å²) in [4.78, 5) is 38.0. The van der Waals surface area contributed by atoms with Gasteiger partial charge < -0.3 is 14.2 Å². The molecule has 32 heavy (non-hydrogen) atoms. The molecule has 0 atom stereocenters. The molecule has 0 radical (unpaired) electrons. The quantitative estimate of drug-likeness (QED) is 0.485. The van der Waals surface area contributed by atoms with E-state index in [2.05, 4.69) is 9.88 Å². The Morgan fingerprint density at radius 3 is 2.50 bits per heavy atom. The molecule has 8 heteroatoms. The van der Waals surface area contributed by atoms with Crippen LogP contribution in [0, 0.1) is 0 Å². The fraction of sp³-hybridized carbons (Fsp3) is 0.250. The topological polar surface area (TPSA) is 84.5 Å². The SMILES string of the molecule is O=C(CCn1c(=O)oc2ccccc21)N1CCN(c2ccnc(-c3ccccc3)n2)CC1. The van der Waals surface area contributed by atoms with Gasteiger partial charge in [-0.25, -0.2) is 14.8 Å². The van der Waals surface area contributed by atoms with E-state index in [1.54, 1.807) is 12.3 Å². The van der Waals surface area contributed by atoms with E-state index in [-0.39, 0.29) is 12.3 Å². The van der Waals surface area contributed by atoms with Crippen LogP contribution in [0.4, 0.5) is 5.82 Å². The lowest BCUT2D eigenvalue weighted by Crippen LogP contribution is -2.49. The number of amides is 1. The first kappa shape index (κ1) is 20.0. The van der Waals surface area contributed by atoms with Crippen LogP contribution in [-0.2, 0) is 11.3 Å². The third-order valence-corrected chi connectivity index (χ3v) is 5.75. The van der Waals surface area contributed by atoms with Crippen LogP contribution >= 0.6 is 0 Å². The van der Waals surface area contributed by atoms with Crippen LogP contribution < -0.4 is 10.7 Å². The lowest BCUT2D eigenvalue weighted by atomic mass is 10.2. The fourth-order valence-electron chi connectivity index (χ4n) is 4.03. The number of aromatic nitrogens is 3. The number of anilines is 1. The predicted molar refractivity (Wildman–Crippen MR) is 121 cm³/mol. The number of oxazole rings is 1. The molecular weight excluding hydrogens is 406 g/mol. The summed E-state index contributed by atoms with van der Waals surface area (Å²) < 4.78 is 6.77. The Balaban J connectivity index is 1.20. The van der Waals surface area contributed by atoms with Gasteiger partial charge in [0.2, 0.25) is 5.91 Å². The zero-order valence-corrected chi connectivity index (χ0v) is 17.6. The standard InChI is InChI=1S/C24H23N5O3/c30-22(11-13-29-19-8-4-5-9-20(19)32-24(29)31)28-16-14-27(15-17-28)21-10-12-25-23(26-21)18-6-2-1-3-7-18/h1-10,12H,11,13-17H2. The first-order chi connectivity index (χ1) is 15.7. The van der Waals surface area contributed by atoms with E-state index in [1.807, 2.05) is 59.5 Å². The van der Waals surface area contributed by atoms with E-state index in [9.17, 15) is 9.59 Å². The van der Waals surface area contributed by atoms with Gasteiger partial charge in [-0.3, -0.25) is 9.36 Å². The second kappa shape index (κ2) is 8.66. The average Bonchev–Trinajstić information content (AvgIpc) is 3.18. The molecule has 1 aliphatic rings. The highest BCUT2D eigenvalue weighted by atomic mass is 16.4. The zero-order chi connectivity index (χ0) is 21.9. The van der Waals surface area contributed by atoms with Crippen molar-refractivity contribution in [3.8, 4) is 11.4 Å². The van der Waals surface area contributed by atoms with Gasteiger partial charge in [0.05, 0.1) is 5.52 Å². The summed E-state index contributed by atoms with van der Waals surface area (Å²) in [7, 11) is 0. The minimum Gasteiger partial charge on any atom is -0.408 e.